The van der Waals surface area contributed by atoms with Crippen LogP contribution in [0.3, 0.4) is 0 Å². The van der Waals surface area contributed by atoms with E-state index in [0.29, 0.717) is 13.2 Å². The largest absolute Gasteiger partial charge is 0.491 e. The molecule has 3 aromatic rings. The summed E-state index contributed by atoms with van der Waals surface area (Å²) in [6.07, 6.45) is -0.641. The van der Waals surface area contributed by atoms with Gasteiger partial charge in [0.05, 0.1) is 17.6 Å². The van der Waals surface area contributed by atoms with Crippen LogP contribution >= 0.6 is 0 Å². The second kappa shape index (κ2) is 7.47. The molecule has 0 fully saturated rings. The summed E-state index contributed by atoms with van der Waals surface area (Å²) in [6.45, 7) is 3.02. The number of rotatable bonds is 7. The SMILES string of the molecule is COCc1nc2ccccc2n1C[C@H](O)COc1ccccc1C. The number of aliphatic hydroxyl groups is 1. The number of methoxy groups -OCH3 is 1. The molecule has 0 unspecified atom stereocenters. The zero-order valence-electron chi connectivity index (χ0n) is 14.0. The van der Waals surface area contributed by atoms with Crippen LogP contribution in [-0.2, 0) is 17.9 Å². The molecule has 0 bridgehead atoms. The van der Waals surface area contributed by atoms with E-state index < -0.39 is 6.10 Å². The van der Waals surface area contributed by atoms with Crippen molar-refractivity contribution in [1.82, 2.24) is 9.55 Å². The molecule has 0 amide bonds. The second-order valence-corrected chi connectivity index (χ2v) is 5.79. The minimum atomic E-state index is -0.641. The molecule has 0 saturated carbocycles. The normalized spacial score (nSPS) is 12.5. The van der Waals surface area contributed by atoms with E-state index in [9.17, 15) is 5.11 Å². The fourth-order valence-corrected chi connectivity index (χ4v) is 2.74. The number of aliphatic hydroxyl groups excluding tert-OH is 1. The van der Waals surface area contributed by atoms with E-state index in [1.165, 1.54) is 0 Å². The van der Waals surface area contributed by atoms with Gasteiger partial charge in [-0.05, 0) is 30.7 Å². The Balaban J connectivity index is 1.74. The molecule has 5 heteroatoms. The van der Waals surface area contributed by atoms with E-state index in [1.807, 2.05) is 60.0 Å². The first kappa shape index (κ1) is 16.5. The van der Waals surface area contributed by atoms with Gasteiger partial charge in [0.25, 0.3) is 0 Å². The third-order valence-corrected chi connectivity index (χ3v) is 3.93. The van der Waals surface area contributed by atoms with Gasteiger partial charge in [0.1, 0.15) is 30.9 Å². The van der Waals surface area contributed by atoms with Crippen LogP contribution in [0, 0.1) is 6.92 Å². The second-order valence-electron chi connectivity index (χ2n) is 5.79. The molecule has 1 N–H and O–H groups in total. The maximum atomic E-state index is 10.4. The Bertz CT molecular complexity index is 813. The van der Waals surface area contributed by atoms with Crippen LogP contribution in [0.1, 0.15) is 11.4 Å². The Hall–Kier alpha value is -2.37. The van der Waals surface area contributed by atoms with Crippen LogP contribution in [0.15, 0.2) is 48.5 Å². The van der Waals surface area contributed by atoms with Crippen LogP contribution in [0.25, 0.3) is 11.0 Å². The third-order valence-electron chi connectivity index (χ3n) is 3.93. The zero-order chi connectivity index (χ0) is 16.9. The summed E-state index contributed by atoms with van der Waals surface area (Å²) < 4.78 is 13.0. The van der Waals surface area contributed by atoms with Crippen molar-refractivity contribution in [3.63, 3.8) is 0 Å². The predicted octanol–water partition coefficient (Wildman–Crippen LogP) is 2.93. The number of hydrogen-bond acceptors (Lipinski definition) is 4. The lowest BCUT2D eigenvalue weighted by Crippen LogP contribution is -2.25. The van der Waals surface area contributed by atoms with Gasteiger partial charge in [0.2, 0.25) is 0 Å². The number of benzene rings is 2. The highest BCUT2D eigenvalue weighted by Crippen LogP contribution is 2.19. The Morgan fingerprint density at radius 2 is 1.88 bits per heavy atom. The van der Waals surface area contributed by atoms with Gasteiger partial charge in [-0.1, -0.05) is 30.3 Å². The number of aromatic nitrogens is 2. The number of aryl methyl sites for hydroxylation is 1. The quantitative estimate of drug-likeness (QED) is 0.725. The molecule has 0 aliphatic heterocycles. The Labute approximate surface area is 141 Å². The maximum absolute atomic E-state index is 10.4. The molecule has 0 aliphatic carbocycles. The highest BCUT2D eigenvalue weighted by atomic mass is 16.5. The molecule has 1 aromatic heterocycles. The lowest BCUT2D eigenvalue weighted by Gasteiger charge is -2.16. The molecule has 126 valence electrons. The summed E-state index contributed by atoms with van der Waals surface area (Å²) in [5.74, 6) is 1.60. The maximum Gasteiger partial charge on any atom is 0.136 e. The molecular weight excluding hydrogens is 304 g/mol. The van der Waals surface area contributed by atoms with Gasteiger partial charge >= 0.3 is 0 Å². The van der Waals surface area contributed by atoms with Crippen LogP contribution < -0.4 is 4.74 Å². The van der Waals surface area contributed by atoms with Crippen molar-refractivity contribution < 1.29 is 14.6 Å². The summed E-state index contributed by atoms with van der Waals surface area (Å²) in [5, 5.41) is 10.4. The Morgan fingerprint density at radius 3 is 2.67 bits per heavy atom. The fourth-order valence-electron chi connectivity index (χ4n) is 2.74. The molecule has 0 radical (unpaired) electrons. The average Bonchev–Trinajstić information content (AvgIpc) is 2.92. The molecule has 3 rings (SSSR count). The number of nitrogens with zero attached hydrogens (tertiary/aromatic N) is 2. The fraction of sp³-hybridized carbons (Fsp3) is 0.316. The lowest BCUT2D eigenvalue weighted by atomic mass is 10.2. The summed E-state index contributed by atoms with van der Waals surface area (Å²) in [5.41, 5.74) is 2.94. The van der Waals surface area contributed by atoms with E-state index in [1.54, 1.807) is 7.11 Å². The van der Waals surface area contributed by atoms with E-state index in [0.717, 1.165) is 28.2 Å². The number of para-hydroxylation sites is 3. The van der Waals surface area contributed by atoms with E-state index in [-0.39, 0.29) is 6.61 Å². The Kier molecular flexibility index (Phi) is 5.13. The zero-order valence-corrected chi connectivity index (χ0v) is 14.0. The van der Waals surface area contributed by atoms with Crippen molar-refractivity contribution in [2.45, 2.75) is 26.2 Å². The third kappa shape index (κ3) is 3.58. The van der Waals surface area contributed by atoms with Crippen molar-refractivity contribution in [3.05, 3.63) is 59.9 Å². The topological polar surface area (TPSA) is 56.5 Å². The Morgan fingerprint density at radius 1 is 1.12 bits per heavy atom. The number of fused-ring (bicyclic) bond motifs is 1. The molecule has 1 atom stereocenters. The highest BCUT2D eigenvalue weighted by molar-refractivity contribution is 5.75. The van der Waals surface area contributed by atoms with Crippen LogP contribution in [0.5, 0.6) is 5.75 Å². The first-order valence-electron chi connectivity index (χ1n) is 7.98. The first-order valence-corrected chi connectivity index (χ1v) is 7.98. The van der Waals surface area contributed by atoms with Gasteiger partial charge in [-0.2, -0.15) is 0 Å². The molecular formula is C19H22N2O3. The summed E-state index contributed by atoms with van der Waals surface area (Å²) in [4.78, 5) is 4.57. The molecule has 2 aromatic carbocycles. The smallest absolute Gasteiger partial charge is 0.136 e. The van der Waals surface area contributed by atoms with E-state index >= 15 is 0 Å². The monoisotopic (exact) mass is 326 g/mol. The average molecular weight is 326 g/mol. The van der Waals surface area contributed by atoms with Crippen molar-refractivity contribution in [3.8, 4) is 5.75 Å². The lowest BCUT2D eigenvalue weighted by molar-refractivity contribution is 0.0898. The minimum absolute atomic E-state index is 0.226. The number of imidazole rings is 1. The van der Waals surface area contributed by atoms with E-state index in [4.69, 9.17) is 9.47 Å². The van der Waals surface area contributed by atoms with Crippen molar-refractivity contribution >= 4 is 11.0 Å². The first-order chi connectivity index (χ1) is 11.7. The molecule has 0 spiro atoms. The van der Waals surface area contributed by atoms with Crippen LogP contribution in [-0.4, -0.2) is 34.5 Å². The molecule has 5 nitrogen and oxygen atoms in total. The van der Waals surface area contributed by atoms with Crippen molar-refractivity contribution in [1.29, 1.82) is 0 Å². The van der Waals surface area contributed by atoms with Crippen LogP contribution in [0.4, 0.5) is 0 Å². The highest BCUT2D eigenvalue weighted by Gasteiger charge is 2.14. The molecule has 0 aliphatic rings. The van der Waals surface area contributed by atoms with Gasteiger partial charge in [0.15, 0.2) is 0 Å². The number of ether oxygens (including phenoxy) is 2. The van der Waals surface area contributed by atoms with Gasteiger partial charge in [-0.3, -0.25) is 0 Å². The summed E-state index contributed by atoms with van der Waals surface area (Å²) in [7, 11) is 1.64. The van der Waals surface area contributed by atoms with Gasteiger partial charge < -0.3 is 19.1 Å². The van der Waals surface area contributed by atoms with Gasteiger partial charge in [-0.25, -0.2) is 4.98 Å². The predicted molar refractivity (Wildman–Crippen MR) is 93.1 cm³/mol. The standard InChI is InChI=1S/C19H22N2O3/c1-14-7-3-6-10-18(14)24-12-15(22)11-21-17-9-5-4-8-16(17)20-19(21)13-23-2/h3-10,15,22H,11-13H2,1-2H3/t15-/m0/s1. The summed E-state index contributed by atoms with van der Waals surface area (Å²) >= 11 is 0. The number of hydrogen-bond donors (Lipinski definition) is 1. The van der Waals surface area contributed by atoms with Crippen molar-refractivity contribution in [2.75, 3.05) is 13.7 Å². The minimum Gasteiger partial charge on any atom is -0.491 e. The van der Waals surface area contributed by atoms with E-state index in [2.05, 4.69) is 4.98 Å². The van der Waals surface area contributed by atoms with Crippen molar-refractivity contribution in [2.24, 2.45) is 0 Å². The van der Waals surface area contributed by atoms with Gasteiger partial charge in [0, 0.05) is 7.11 Å². The molecule has 24 heavy (non-hydrogen) atoms. The molecule has 0 saturated heterocycles. The van der Waals surface area contributed by atoms with Gasteiger partial charge in [-0.15, -0.1) is 0 Å². The summed E-state index contributed by atoms with van der Waals surface area (Å²) in [6, 6.07) is 15.7. The van der Waals surface area contributed by atoms with Crippen LogP contribution in [0.2, 0.25) is 0 Å². The molecule has 1 heterocycles.